The monoisotopic (exact) mass is 267 g/mol. The highest BCUT2D eigenvalue weighted by Crippen LogP contribution is 2.51. The molecule has 0 saturated heterocycles. The van der Waals surface area contributed by atoms with Crippen LogP contribution < -0.4 is 0 Å². The summed E-state index contributed by atoms with van der Waals surface area (Å²) in [7, 11) is 0. The second-order valence-corrected chi connectivity index (χ2v) is 6.63. The maximum atomic E-state index is 10.7. The Morgan fingerprint density at radius 1 is 1.20 bits per heavy atom. The van der Waals surface area contributed by atoms with E-state index in [1.807, 2.05) is 24.5 Å². The number of hydrogen-bond donors (Lipinski definition) is 1. The van der Waals surface area contributed by atoms with Gasteiger partial charge in [0.05, 0.1) is 6.10 Å². The fraction of sp³-hybridized carbons (Fsp3) is 0.500. The summed E-state index contributed by atoms with van der Waals surface area (Å²) in [4.78, 5) is 4.21. The van der Waals surface area contributed by atoms with Gasteiger partial charge in [-0.15, -0.1) is 0 Å². The van der Waals surface area contributed by atoms with E-state index < -0.39 is 0 Å². The van der Waals surface area contributed by atoms with Crippen LogP contribution in [0.4, 0.5) is 0 Å². The number of rotatable bonds is 3. The van der Waals surface area contributed by atoms with Crippen molar-refractivity contribution in [2.24, 2.45) is 17.8 Å². The molecule has 104 valence electrons. The van der Waals surface area contributed by atoms with Crippen LogP contribution in [-0.4, -0.2) is 10.1 Å². The number of aromatic nitrogens is 1. The van der Waals surface area contributed by atoms with Gasteiger partial charge in [-0.1, -0.05) is 24.6 Å². The highest BCUT2D eigenvalue weighted by Gasteiger charge is 2.40. The van der Waals surface area contributed by atoms with E-state index in [4.69, 9.17) is 0 Å². The Morgan fingerprint density at radius 3 is 2.95 bits per heavy atom. The lowest BCUT2D eigenvalue weighted by molar-refractivity contribution is 0.127. The van der Waals surface area contributed by atoms with E-state index in [0.29, 0.717) is 0 Å². The molecule has 0 spiro atoms. The molecule has 2 aliphatic rings. The zero-order valence-corrected chi connectivity index (χ0v) is 11.7. The Balaban J connectivity index is 1.59. The molecule has 2 fully saturated rings. The summed E-state index contributed by atoms with van der Waals surface area (Å²) in [5, 5.41) is 13.0. The van der Waals surface area contributed by atoms with Crippen LogP contribution in [0.5, 0.6) is 0 Å². The third kappa shape index (κ3) is 2.03. The number of aliphatic hydroxyl groups excluding tert-OH is 1. The molecular weight excluding hydrogens is 246 g/mol. The van der Waals surface area contributed by atoms with Crippen molar-refractivity contribution < 1.29 is 5.11 Å². The SMILES string of the molecule is OC(CC1CC2CCC1C2)c1cccc2ccncc12. The van der Waals surface area contributed by atoms with E-state index in [0.717, 1.165) is 35.1 Å². The van der Waals surface area contributed by atoms with Crippen LogP contribution in [0.15, 0.2) is 36.7 Å². The topological polar surface area (TPSA) is 33.1 Å². The van der Waals surface area contributed by atoms with Crippen molar-refractivity contribution in [2.75, 3.05) is 0 Å². The van der Waals surface area contributed by atoms with Crippen molar-refractivity contribution >= 4 is 10.8 Å². The minimum Gasteiger partial charge on any atom is -0.388 e. The van der Waals surface area contributed by atoms with Crippen LogP contribution in [0, 0.1) is 17.8 Å². The first-order chi connectivity index (χ1) is 9.81. The molecule has 4 atom stereocenters. The summed E-state index contributed by atoms with van der Waals surface area (Å²) >= 11 is 0. The minimum absolute atomic E-state index is 0.341. The number of pyridine rings is 1. The predicted molar refractivity (Wildman–Crippen MR) is 80.3 cm³/mol. The van der Waals surface area contributed by atoms with Crippen molar-refractivity contribution in [3.05, 3.63) is 42.2 Å². The first kappa shape index (κ1) is 12.3. The van der Waals surface area contributed by atoms with Gasteiger partial charge in [-0.25, -0.2) is 0 Å². The second kappa shape index (κ2) is 4.85. The molecule has 2 aliphatic carbocycles. The Hall–Kier alpha value is -1.41. The van der Waals surface area contributed by atoms with Gasteiger partial charge in [-0.05, 0) is 60.5 Å². The second-order valence-electron chi connectivity index (χ2n) is 6.63. The fourth-order valence-electron chi connectivity index (χ4n) is 4.51. The molecule has 0 aliphatic heterocycles. The van der Waals surface area contributed by atoms with Gasteiger partial charge in [-0.3, -0.25) is 4.98 Å². The maximum absolute atomic E-state index is 10.7. The van der Waals surface area contributed by atoms with Crippen LogP contribution in [0.3, 0.4) is 0 Å². The fourth-order valence-corrected chi connectivity index (χ4v) is 4.51. The molecule has 20 heavy (non-hydrogen) atoms. The Kier molecular flexibility index (Phi) is 2.99. The van der Waals surface area contributed by atoms with Gasteiger partial charge in [0.2, 0.25) is 0 Å². The lowest BCUT2D eigenvalue weighted by Gasteiger charge is -2.24. The molecule has 2 bridgehead atoms. The molecule has 0 amide bonds. The molecule has 4 rings (SSSR count). The zero-order valence-electron chi connectivity index (χ0n) is 11.7. The summed E-state index contributed by atoms with van der Waals surface area (Å²) in [5.41, 5.74) is 1.05. The van der Waals surface area contributed by atoms with E-state index in [1.54, 1.807) is 0 Å². The predicted octanol–water partition coefficient (Wildman–Crippen LogP) is 4.09. The van der Waals surface area contributed by atoms with Gasteiger partial charge in [0.1, 0.15) is 0 Å². The van der Waals surface area contributed by atoms with Gasteiger partial charge >= 0.3 is 0 Å². The van der Waals surface area contributed by atoms with E-state index in [-0.39, 0.29) is 6.10 Å². The molecule has 2 nitrogen and oxygen atoms in total. The van der Waals surface area contributed by atoms with Crippen LogP contribution >= 0.6 is 0 Å². The summed E-state index contributed by atoms with van der Waals surface area (Å²) in [5.74, 6) is 2.56. The van der Waals surface area contributed by atoms with Gasteiger partial charge in [-0.2, -0.15) is 0 Å². The lowest BCUT2D eigenvalue weighted by Crippen LogP contribution is -2.14. The average Bonchev–Trinajstić information content (AvgIpc) is 3.09. The zero-order chi connectivity index (χ0) is 13.5. The van der Waals surface area contributed by atoms with Crippen LogP contribution in [0.2, 0.25) is 0 Å². The van der Waals surface area contributed by atoms with Crippen LogP contribution in [0.25, 0.3) is 10.8 Å². The number of aliphatic hydroxyl groups is 1. The molecule has 1 heterocycles. The van der Waals surface area contributed by atoms with Crippen LogP contribution in [-0.2, 0) is 0 Å². The van der Waals surface area contributed by atoms with E-state index in [9.17, 15) is 5.11 Å². The average molecular weight is 267 g/mol. The lowest BCUT2D eigenvalue weighted by atomic mass is 9.83. The van der Waals surface area contributed by atoms with Crippen molar-refractivity contribution in [1.29, 1.82) is 0 Å². The van der Waals surface area contributed by atoms with E-state index in [1.165, 1.54) is 31.1 Å². The van der Waals surface area contributed by atoms with Crippen molar-refractivity contribution in [1.82, 2.24) is 4.98 Å². The third-order valence-electron chi connectivity index (χ3n) is 5.49. The van der Waals surface area contributed by atoms with Gasteiger partial charge in [0, 0.05) is 17.8 Å². The molecular formula is C18H21NO. The standard InChI is InChI=1S/C18H21NO/c20-18(10-15-9-12-4-5-14(15)8-12)16-3-1-2-13-6-7-19-11-17(13)16/h1-3,6-7,11-12,14-15,18,20H,4-5,8-10H2. The van der Waals surface area contributed by atoms with Crippen molar-refractivity contribution in [3.63, 3.8) is 0 Å². The minimum atomic E-state index is -0.341. The first-order valence-corrected chi connectivity index (χ1v) is 7.82. The quantitative estimate of drug-likeness (QED) is 0.908. The molecule has 2 saturated carbocycles. The third-order valence-corrected chi connectivity index (χ3v) is 5.49. The molecule has 2 heteroatoms. The summed E-state index contributed by atoms with van der Waals surface area (Å²) < 4.78 is 0. The van der Waals surface area contributed by atoms with Crippen molar-refractivity contribution in [2.45, 2.75) is 38.2 Å². The van der Waals surface area contributed by atoms with Gasteiger partial charge < -0.3 is 5.11 Å². The molecule has 4 unspecified atom stereocenters. The summed E-state index contributed by atoms with van der Waals surface area (Å²) in [6.07, 6.45) is 9.85. The molecule has 2 aromatic rings. The number of benzene rings is 1. The molecule has 1 aromatic carbocycles. The van der Waals surface area contributed by atoms with E-state index >= 15 is 0 Å². The Bertz CT molecular complexity index is 618. The molecule has 1 N–H and O–H groups in total. The van der Waals surface area contributed by atoms with Gasteiger partial charge in [0.15, 0.2) is 0 Å². The highest BCUT2D eigenvalue weighted by molar-refractivity contribution is 5.85. The Morgan fingerprint density at radius 2 is 2.15 bits per heavy atom. The highest BCUT2D eigenvalue weighted by atomic mass is 16.3. The molecule has 0 radical (unpaired) electrons. The summed E-state index contributed by atoms with van der Waals surface area (Å²) in [6, 6.07) is 8.21. The normalized spacial score (nSPS) is 29.9. The smallest absolute Gasteiger partial charge is 0.0799 e. The first-order valence-electron chi connectivity index (χ1n) is 7.82. The van der Waals surface area contributed by atoms with Gasteiger partial charge in [0.25, 0.3) is 0 Å². The maximum Gasteiger partial charge on any atom is 0.0799 e. The number of nitrogens with zero attached hydrogens (tertiary/aromatic N) is 1. The van der Waals surface area contributed by atoms with E-state index in [2.05, 4.69) is 17.1 Å². The largest absolute Gasteiger partial charge is 0.388 e. The number of fused-ring (bicyclic) bond motifs is 3. The summed E-state index contributed by atoms with van der Waals surface area (Å²) in [6.45, 7) is 0. The van der Waals surface area contributed by atoms with Crippen LogP contribution in [0.1, 0.15) is 43.8 Å². The molecule has 1 aromatic heterocycles. The van der Waals surface area contributed by atoms with Crippen molar-refractivity contribution in [3.8, 4) is 0 Å². The number of hydrogen-bond acceptors (Lipinski definition) is 2. The Labute approximate surface area is 119 Å².